The molecule has 0 spiro atoms. The lowest BCUT2D eigenvalue weighted by molar-refractivity contribution is 0.0748. The molecule has 3 heterocycles. The average Bonchev–Trinajstić information content (AvgIpc) is 3.28. The van der Waals surface area contributed by atoms with Crippen molar-refractivity contribution in [1.29, 1.82) is 0 Å². The summed E-state index contributed by atoms with van der Waals surface area (Å²) in [5.41, 5.74) is 0.917. The van der Waals surface area contributed by atoms with Gasteiger partial charge in [0.1, 0.15) is 17.0 Å². The van der Waals surface area contributed by atoms with Crippen molar-refractivity contribution in [2.75, 3.05) is 32.6 Å². The Hall–Kier alpha value is -2.03. The van der Waals surface area contributed by atoms with Gasteiger partial charge in [-0.1, -0.05) is 6.07 Å². The Morgan fingerprint density at radius 2 is 2.23 bits per heavy atom. The van der Waals surface area contributed by atoms with E-state index >= 15 is 0 Å². The van der Waals surface area contributed by atoms with E-state index in [1.54, 1.807) is 36.7 Å². The number of rotatable bonds is 7. The molecule has 0 bridgehead atoms. The number of methoxy groups -OCH3 is 1. The van der Waals surface area contributed by atoms with Crippen LogP contribution in [0.15, 0.2) is 23.8 Å². The van der Waals surface area contributed by atoms with Crippen molar-refractivity contribution in [3.05, 3.63) is 39.2 Å². The minimum Gasteiger partial charge on any atom is -0.383 e. The van der Waals surface area contributed by atoms with Gasteiger partial charge in [-0.25, -0.2) is 9.97 Å². The minimum absolute atomic E-state index is 0.0141. The van der Waals surface area contributed by atoms with Crippen molar-refractivity contribution in [3.63, 3.8) is 0 Å². The van der Waals surface area contributed by atoms with Gasteiger partial charge in [0.2, 0.25) is 0 Å². The number of nitrogens with one attached hydrogen (secondary N) is 1. The highest BCUT2D eigenvalue weighted by Crippen LogP contribution is 2.35. The molecule has 0 saturated carbocycles. The maximum Gasteiger partial charge on any atom is 0.264 e. The predicted octanol–water partition coefficient (Wildman–Crippen LogP) is 3.95. The van der Waals surface area contributed by atoms with Crippen LogP contribution in [0.2, 0.25) is 0 Å². The van der Waals surface area contributed by atoms with E-state index in [2.05, 4.69) is 33.7 Å². The van der Waals surface area contributed by atoms with Gasteiger partial charge in [-0.3, -0.25) is 4.79 Å². The fraction of sp³-hybridized carbons (Fsp3) is 0.389. The van der Waals surface area contributed by atoms with E-state index < -0.39 is 0 Å². The number of amides is 1. The summed E-state index contributed by atoms with van der Waals surface area (Å²) in [6, 6.07) is 4.27. The van der Waals surface area contributed by atoms with Gasteiger partial charge in [-0.05, 0) is 30.9 Å². The first-order chi connectivity index (χ1) is 12.5. The van der Waals surface area contributed by atoms with Crippen molar-refractivity contribution < 1.29 is 9.53 Å². The number of likely N-dealkylation sites (N-methyl/N-ethyl adjacent to an activating group) is 1. The number of nitrogens with zero attached hydrogens (tertiary/aromatic N) is 3. The molecule has 138 valence electrons. The molecular formula is C18H22N4O2S2. The average molecular weight is 391 g/mol. The molecule has 3 aromatic heterocycles. The Labute approximate surface area is 160 Å². The van der Waals surface area contributed by atoms with Crippen LogP contribution in [0.4, 0.5) is 5.82 Å². The van der Waals surface area contributed by atoms with Crippen molar-refractivity contribution in [2.45, 2.75) is 19.9 Å². The topological polar surface area (TPSA) is 67.3 Å². The highest BCUT2D eigenvalue weighted by molar-refractivity contribution is 7.20. The summed E-state index contributed by atoms with van der Waals surface area (Å²) in [4.78, 5) is 26.0. The van der Waals surface area contributed by atoms with Crippen LogP contribution in [-0.4, -0.2) is 48.1 Å². The van der Waals surface area contributed by atoms with Gasteiger partial charge in [-0.15, -0.1) is 22.7 Å². The molecule has 1 unspecified atom stereocenters. The number of fused-ring (bicyclic) bond motifs is 1. The summed E-state index contributed by atoms with van der Waals surface area (Å²) in [7, 11) is 3.42. The molecule has 0 aliphatic heterocycles. The second kappa shape index (κ2) is 8.11. The van der Waals surface area contributed by atoms with Crippen LogP contribution in [0, 0.1) is 6.92 Å². The van der Waals surface area contributed by atoms with Crippen molar-refractivity contribution in [2.24, 2.45) is 0 Å². The van der Waals surface area contributed by atoms with Gasteiger partial charge in [0.25, 0.3) is 5.91 Å². The van der Waals surface area contributed by atoms with Gasteiger partial charge < -0.3 is 15.0 Å². The van der Waals surface area contributed by atoms with E-state index in [9.17, 15) is 4.79 Å². The zero-order valence-electron chi connectivity index (χ0n) is 15.3. The smallest absolute Gasteiger partial charge is 0.264 e. The molecular weight excluding hydrogens is 368 g/mol. The monoisotopic (exact) mass is 390 g/mol. The second-order valence-electron chi connectivity index (χ2n) is 6.06. The summed E-state index contributed by atoms with van der Waals surface area (Å²) < 4.78 is 5.06. The van der Waals surface area contributed by atoms with E-state index in [-0.39, 0.29) is 11.9 Å². The summed E-state index contributed by atoms with van der Waals surface area (Å²) in [5.74, 6) is 0.753. The SMILES string of the molecule is COCCN(C)C(=O)c1sc2ncnc(NC(C)c3cccs3)c2c1C. The molecule has 0 saturated heterocycles. The van der Waals surface area contributed by atoms with E-state index in [4.69, 9.17) is 4.74 Å². The van der Waals surface area contributed by atoms with Crippen molar-refractivity contribution in [3.8, 4) is 0 Å². The lowest BCUT2D eigenvalue weighted by Gasteiger charge is -2.16. The molecule has 0 aromatic carbocycles. The first-order valence-corrected chi connectivity index (χ1v) is 10.0. The highest BCUT2D eigenvalue weighted by Gasteiger charge is 2.22. The molecule has 1 atom stereocenters. The second-order valence-corrected chi connectivity index (χ2v) is 8.04. The highest BCUT2D eigenvalue weighted by atomic mass is 32.1. The summed E-state index contributed by atoms with van der Waals surface area (Å²) in [6.45, 7) is 5.12. The van der Waals surface area contributed by atoms with Crippen molar-refractivity contribution in [1.82, 2.24) is 14.9 Å². The van der Waals surface area contributed by atoms with Crippen LogP contribution in [-0.2, 0) is 4.74 Å². The zero-order valence-corrected chi connectivity index (χ0v) is 16.9. The molecule has 0 aliphatic rings. The van der Waals surface area contributed by atoms with Crippen molar-refractivity contribution >= 4 is 44.6 Å². The maximum atomic E-state index is 12.8. The number of thiophene rings is 2. The lowest BCUT2D eigenvalue weighted by atomic mass is 10.1. The first-order valence-electron chi connectivity index (χ1n) is 8.31. The molecule has 3 aromatic rings. The molecule has 1 N–H and O–H groups in total. The fourth-order valence-corrected chi connectivity index (χ4v) is 4.58. The summed E-state index contributed by atoms with van der Waals surface area (Å²) >= 11 is 3.12. The van der Waals surface area contributed by atoms with Crippen LogP contribution in [0.1, 0.15) is 33.1 Å². The number of ether oxygens (including phenoxy) is 1. The van der Waals surface area contributed by atoms with Crippen LogP contribution in [0.5, 0.6) is 0 Å². The van der Waals surface area contributed by atoms with E-state index in [0.29, 0.717) is 18.0 Å². The standard InChI is InChI=1S/C18H22N4O2S2/c1-11-14-16(21-12(2)13-6-5-9-25-13)19-10-20-17(14)26-15(11)18(23)22(3)7-8-24-4/h5-6,9-10,12H,7-8H2,1-4H3,(H,19,20,21). The normalized spacial score (nSPS) is 12.3. The number of aryl methyl sites for hydroxylation is 1. The number of aromatic nitrogens is 2. The molecule has 0 radical (unpaired) electrons. The van der Waals surface area contributed by atoms with E-state index in [1.807, 2.05) is 13.0 Å². The summed E-state index contributed by atoms with van der Waals surface area (Å²) in [5, 5.41) is 6.45. The quantitative estimate of drug-likeness (QED) is 0.661. The van der Waals surface area contributed by atoms with Crippen LogP contribution in [0.25, 0.3) is 10.2 Å². The fourth-order valence-electron chi connectivity index (χ4n) is 2.70. The lowest BCUT2D eigenvalue weighted by Crippen LogP contribution is -2.29. The molecule has 1 amide bonds. The Balaban J connectivity index is 1.92. The molecule has 0 fully saturated rings. The molecule has 26 heavy (non-hydrogen) atoms. The zero-order chi connectivity index (χ0) is 18.7. The number of carbonyl (C=O) groups excluding carboxylic acids is 1. The maximum absolute atomic E-state index is 12.8. The van der Waals surface area contributed by atoms with Gasteiger partial charge in [0.15, 0.2) is 0 Å². The first kappa shape index (κ1) is 18.8. The van der Waals surface area contributed by atoms with Gasteiger partial charge in [-0.2, -0.15) is 0 Å². The Kier molecular flexibility index (Phi) is 5.85. The molecule has 3 rings (SSSR count). The molecule has 6 nitrogen and oxygen atoms in total. The Morgan fingerprint density at radius 3 is 2.92 bits per heavy atom. The third-order valence-electron chi connectivity index (χ3n) is 4.22. The Bertz CT molecular complexity index is 892. The molecule has 0 aliphatic carbocycles. The third-order valence-corrected chi connectivity index (χ3v) is 6.46. The number of hydrogen-bond acceptors (Lipinski definition) is 7. The van der Waals surface area contributed by atoms with Crippen LogP contribution in [0.3, 0.4) is 0 Å². The van der Waals surface area contributed by atoms with E-state index in [0.717, 1.165) is 21.6 Å². The van der Waals surface area contributed by atoms with Crippen LogP contribution >= 0.6 is 22.7 Å². The third kappa shape index (κ3) is 3.72. The molecule has 8 heteroatoms. The summed E-state index contributed by atoms with van der Waals surface area (Å²) in [6.07, 6.45) is 1.55. The van der Waals surface area contributed by atoms with Gasteiger partial charge >= 0.3 is 0 Å². The van der Waals surface area contributed by atoms with Gasteiger partial charge in [0, 0.05) is 25.6 Å². The Morgan fingerprint density at radius 1 is 1.42 bits per heavy atom. The largest absolute Gasteiger partial charge is 0.383 e. The van der Waals surface area contributed by atoms with Gasteiger partial charge in [0.05, 0.1) is 22.9 Å². The van der Waals surface area contributed by atoms with Crippen LogP contribution < -0.4 is 5.32 Å². The minimum atomic E-state index is -0.0141. The van der Waals surface area contributed by atoms with E-state index in [1.165, 1.54) is 16.2 Å². The predicted molar refractivity (Wildman–Crippen MR) is 107 cm³/mol. The number of hydrogen-bond donors (Lipinski definition) is 1. The number of anilines is 1. The number of carbonyl (C=O) groups is 1.